The first-order chi connectivity index (χ1) is 25.3. The summed E-state index contributed by atoms with van der Waals surface area (Å²) in [7, 11) is 0. The molecule has 0 saturated heterocycles. The number of rotatable bonds is 4. The summed E-state index contributed by atoms with van der Waals surface area (Å²) in [5.74, 6) is 2.90. The third-order valence-corrected chi connectivity index (χ3v) is 11.2. The smallest absolute Gasteiger partial charge is 0.167 e. The Bertz CT molecular complexity index is 2990. The van der Waals surface area contributed by atoms with Crippen LogP contribution in [-0.2, 0) is 6.42 Å². The minimum absolute atomic E-state index is 0.604. The molecule has 0 bridgehead atoms. The molecule has 0 amide bonds. The lowest BCUT2D eigenvalue weighted by Gasteiger charge is -2.09. The van der Waals surface area contributed by atoms with Crippen LogP contribution in [0.4, 0.5) is 0 Å². The van der Waals surface area contributed by atoms with Gasteiger partial charge in [0.2, 0.25) is 0 Å². The van der Waals surface area contributed by atoms with E-state index in [-0.39, 0.29) is 0 Å². The molecule has 6 heteroatoms. The predicted molar refractivity (Wildman–Crippen MR) is 210 cm³/mol. The highest BCUT2D eigenvalue weighted by molar-refractivity contribution is 7.25. The number of furan rings is 1. The number of allylic oxidation sites excluding steroid dienone is 1. The van der Waals surface area contributed by atoms with Gasteiger partial charge < -0.3 is 8.98 Å². The van der Waals surface area contributed by atoms with Gasteiger partial charge in [-0.2, -0.15) is 0 Å². The SMILES string of the molecule is C1=Cc2c(oc3c(-c4nc(-c5ccccc5)nc(-c5ccc6c(c5)sc5cc(-n7c8ccccc8c8ccccc87)ccc56)n4)cccc23)CC1. The van der Waals surface area contributed by atoms with Crippen LogP contribution in [0, 0.1) is 0 Å². The molecule has 51 heavy (non-hydrogen) atoms. The molecule has 6 aromatic carbocycles. The van der Waals surface area contributed by atoms with Crippen molar-refractivity contribution in [3.05, 3.63) is 151 Å². The molecule has 10 aromatic rings. The molecule has 1 aliphatic carbocycles. The lowest BCUT2D eigenvalue weighted by molar-refractivity contribution is 0.547. The first kappa shape index (κ1) is 28.5. The average molecular weight is 673 g/mol. The van der Waals surface area contributed by atoms with Gasteiger partial charge in [-0.25, -0.2) is 15.0 Å². The van der Waals surface area contributed by atoms with Gasteiger partial charge in [0.15, 0.2) is 17.5 Å². The Morgan fingerprint density at radius 2 is 1.22 bits per heavy atom. The zero-order valence-electron chi connectivity index (χ0n) is 27.4. The number of aryl methyl sites for hydroxylation is 1. The molecule has 1 aliphatic rings. The second-order valence-corrected chi connectivity index (χ2v) is 14.2. The largest absolute Gasteiger partial charge is 0.460 e. The van der Waals surface area contributed by atoms with Crippen LogP contribution in [-0.4, -0.2) is 19.5 Å². The molecule has 11 rings (SSSR count). The van der Waals surface area contributed by atoms with Crippen LogP contribution in [0.3, 0.4) is 0 Å². The van der Waals surface area contributed by atoms with Crippen molar-refractivity contribution in [1.29, 1.82) is 0 Å². The molecule has 0 atom stereocenters. The Morgan fingerprint density at radius 1 is 0.549 bits per heavy atom. The highest BCUT2D eigenvalue weighted by Gasteiger charge is 2.21. The lowest BCUT2D eigenvalue weighted by atomic mass is 10.0. The van der Waals surface area contributed by atoms with Gasteiger partial charge in [0.1, 0.15) is 11.3 Å². The quantitative estimate of drug-likeness (QED) is 0.187. The van der Waals surface area contributed by atoms with E-state index in [1.165, 1.54) is 42.0 Å². The summed E-state index contributed by atoms with van der Waals surface area (Å²) < 4.78 is 11.3. The third-order valence-electron chi connectivity index (χ3n) is 10.1. The summed E-state index contributed by atoms with van der Waals surface area (Å²) >= 11 is 1.81. The molecule has 4 heterocycles. The minimum atomic E-state index is 0.604. The van der Waals surface area contributed by atoms with Gasteiger partial charge in [-0.05, 0) is 42.8 Å². The Kier molecular flexibility index (Phi) is 6.18. The topological polar surface area (TPSA) is 56.7 Å². The van der Waals surface area contributed by atoms with E-state index in [9.17, 15) is 0 Å². The van der Waals surface area contributed by atoms with E-state index < -0.39 is 0 Å². The van der Waals surface area contributed by atoms with E-state index in [0.29, 0.717) is 17.5 Å². The fraction of sp³-hybridized carbons (Fsp3) is 0.0444. The molecule has 0 spiro atoms. The van der Waals surface area contributed by atoms with Crippen LogP contribution in [0.2, 0.25) is 0 Å². The van der Waals surface area contributed by atoms with E-state index in [4.69, 9.17) is 19.4 Å². The van der Waals surface area contributed by atoms with Crippen molar-refractivity contribution in [2.24, 2.45) is 0 Å². The Morgan fingerprint density at radius 3 is 2.02 bits per heavy atom. The van der Waals surface area contributed by atoms with Gasteiger partial charge in [-0.15, -0.1) is 11.3 Å². The molecule has 0 saturated carbocycles. The van der Waals surface area contributed by atoms with Crippen LogP contribution in [0.15, 0.2) is 144 Å². The molecule has 0 radical (unpaired) electrons. The normalized spacial score (nSPS) is 12.9. The van der Waals surface area contributed by atoms with Crippen LogP contribution >= 0.6 is 11.3 Å². The molecular formula is C45H28N4OS. The lowest BCUT2D eigenvalue weighted by Crippen LogP contribution is -2.00. The Balaban J connectivity index is 1.07. The summed E-state index contributed by atoms with van der Waals surface area (Å²) in [4.78, 5) is 15.2. The van der Waals surface area contributed by atoms with Gasteiger partial charge >= 0.3 is 0 Å². The highest BCUT2D eigenvalue weighted by Crippen LogP contribution is 2.40. The maximum atomic E-state index is 6.49. The molecule has 0 unspecified atom stereocenters. The van der Waals surface area contributed by atoms with Crippen LogP contribution in [0.25, 0.3) is 98.9 Å². The molecule has 240 valence electrons. The summed E-state index contributed by atoms with van der Waals surface area (Å²) in [6, 6.07) is 47.1. The molecule has 0 aliphatic heterocycles. The van der Waals surface area contributed by atoms with E-state index in [1.807, 2.05) is 30.3 Å². The number of benzene rings is 6. The Hall–Kier alpha value is -6.37. The number of nitrogens with zero attached hydrogens (tertiary/aromatic N) is 4. The maximum Gasteiger partial charge on any atom is 0.167 e. The first-order valence-electron chi connectivity index (χ1n) is 17.2. The van der Waals surface area contributed by atoms with Gasteiger partial charge in [0.05, 0.1) is 16.6 Å². The second kappa shape index (κ2) is 11.1. The van der Waals surface area contributed by atoms with Crippen molar-refractivity contribution < 1.29 is 4.42 Å². The number of hydrogen-bond acceptors (Lipinski definition) is 5. The fourth-order valence-electron chi connectivity index (χ4n) is 7.73. The summed E-state index contributed by atoms with van der Waals surface area (Å²) in [6.07, 6.45) is 6.27. The molecular weight excluding hydrogens is 645 g/mol. The zero-order chi connectivity index (χ0) is 33.5. The average Bonchev–Trinajstić information content (AvgIpc) is 3.87. The number of thiophene rings is 1. The minimum Gasteiger partial charge on any atom is -0.460 e. The fourth-order valence-corrected chi connectivity index (χ4v) is 8.91. The summed E-state index contributed by atoms with van der Waals surface area (Å²) in [5.41, 5.74) is 8.33. The van der Waals surface area contributed by atoms with Crippen LogP contribution < -0.4 is 0 Å². The van der Waals surface area contributed by atoms with E-state index in [2.05, 4.69) is 120 Å². The van der Waals surface area contributed by atoms with Gasteiger partial charge in [0.25, 0.3) is 0 Å². The van der Waals surface area contributed by atoms with Gasteiger partial charge in [0, 0.05) is 65.1 Å². The summed E-state index contributed by atoms with van der Waals surface area (Å²) in [6.45, 7) is 0. The third kappa shape index (κ3) is 4.43. The van der Waals surface area contributed by atoms with Crippen molar-refractivity contribution in [3.8, 4) is 39.9 Å². The molecule has 4 aromatic heterocycles. The van der Waals surface area contributed by atoms with E-state index in [0.717, 1.165) is 57.5 Å². The Labute approximate surface area is 296 Å². The maximum absolute atomic E-state index is 6.49. The van der Waals surface area contributed by atoms with Crippen LogP contribution in [0.1, 0.15) is 17.7 Å². The van der Waals surface area contributed by atoms with Crippen molar-refractivity contribution in [2.75, 3.05) is 0 Å². The van der Waals surface area contributed by atoms with Crippen molar-refractivity contribution in [3.63, 3.8) is 0 Å². The summed E-state index contributed by atoms with van der Waals surface area (Å²) in [5, 5.41) is 6.09. The number of fused-ring (bicyclic) bond motifs is 9. The zero-order valence-corrected chi connectivity index (χ0v) is 28.2. The number of hydrogen-bond donors (Lipinski definition) is 0. The predicted octanol–water partition coefficient (Wildman–Crippen LogP) is 12.0. The second-order valence-electron chi connectivity index (χ2n) is 13.1. The van der Waals surface area contributed by atoms with Crippen molar-refractivity contribution >= 4 is 70.4 Å². The molecule has 0 N–H and O–H groups in total. The molecule has 5 nitrogen and oxygen atoms in total. The first-order valence-corrected chi connectivity index (χ1v) is 18.1. The van der Waals surface area contributed by atoms with E-state index >= 15 is 0 Å². The van der Waals surface area contributed by atoms with Gasteiger partial charge in [-0.3, -0.25) is 0 Å². The number of para-hydroxylation sites is 3. The standard InChI is InChI=1S/C45H28N4OS/c1-2-11-27(12-3-1)43-46-44(48-45(47-43)36-17-10-16-35-32-15-6-9-20-39(32)50-42(35)36)28-21-23-33-34-24-22-29(26-41(34)51-40(33)25-28)49-37-18-7-4-13-30(37)31-14-5-8-19-38(31)49/h1-8,10-19,21-26H,9,20H2. The van der Waals surface area contributed by atoms with Crippen LogP contribution in [0.5, 0.6) is 0 Å². The van der Waals surface area contributed by atoms with E-state index in [1.54, 1.807) is 11.3 Å². The number of aromatic nitrogens is 4. The van der Waals surface area contributed by atoms with Crippen molar-refractivity contribution in [1.82, 2.24) is 19.5 Å². The highest BCUT2D eigenvalue weighted by atomic mass is 32.1. The molecule has 0 fully saturated rings. The van der Waals surface area contributed by atoms with Gasteiger partial charge in [-0.1, -0.05) is 109 Å². The monoisotopic (exact) mass is 672 g/mol. The van der Waals surface area contributed by atoms with Crippen molar-refractivity contribution in [2.45, 2.75) is 12.8 Å².